The van der Waals surface area contributed by atoms with E-state index in [1.165, 1.54) is 11.1 Å². The summed E-state index contributed by atoms with van der Waals surface area (Å²) in [7, 11) is 0. The molecule has 1 saturated heterocycles. The molecule has 1 aromatic heterocycles. The molecule has 148 valence electrons. The average molecular weight is 484 g/mol. The fraction of sp³-hybridized carbons (Fsp3) is 0.500. The van der Waals surface area contributed by atoms with Gasteiger partial charge in [0, 0.05) is 13.1 Å². The molecule has 0 radical (unpaired) electrons. The van der Waals surface area contributed by atoms with Crippen LogP contribution in [0.5, 0.6) is 0 Å². The van der Waals surface area contributed by atoms with Crippen molar-refractivity contribution in [3.8, 4) is 0 Å². The maximum Gasteiger partial charge on any atom is 0.216 e. The third-order valence-electron chi connectivity index (χ3n) is 4.67. The number of oxazole rings is 1. The third kappa shape index (κ3) is 5.44. The molecule has 0 bridgehead atoms. The lowest BCUT2D eigenvalue weighted by atomic mass is 10.0. The Morgan fingerprint density at radius 1 is 1.30 bits per heavy atom. The first-order valence-corrected chi connectivity index (χ1v) is 9.21. The van der Waals surface area contributed by atoms with Crippen molar-refractivity contribution in [3.05, 3.63) is 52.7 Å². The van der Waals surface area contributed by atoms with Crippen molar-refractivity contribution < 1.29 is 9.15 Å². The lowest BCUT2D eigenvalue weighted by Crippen LogP contribution is -2.48. The Hall–Kier alpha value is -1.61. The first-order valence-electron chi connectivity index (χ1n) is 9.21. The molecule has 0 aliphatic carbocycles. The molecule has 1 aromatic carbocycles. The van der Waals surface area contributed by atoms with Crippen LogP contribution in [0.25, 0.3) is 0 Å². The molecular weight excluding hydrogens is 455 g/mol. The van der Waals surface area contributed by atoms with Gasteiger partial charge in [-0.1, -0.05) is 24.3 Å². The topological polar surface area (TPSA) is 62.9 Å². The summed E-state index contributed by atoms with van der Waals surface area (Å²) in [6.45, 7) is 11.6. The molecule has 2 heterocycles. The molecular formula is C20H29IN4O2. The number of hydrogen-bond donors (Lipinski definition) is 1. The number of halogens is 1. The number of rotatable bonds is 4. The molecule has 27 heavy (non-hydrogen) atoms. The van der Waals surface area contributed by atoms with Gasteiger partial charge in [0.1, 0.15) is 18.4 Å². The summed E-state index contributed by atoms with van der Waals surface area (Å²) < 4.78 is 11.7. The summed E-state index contributed by atoms with van der Waals surface area (Å²) in [6, 6.07) is 8.40. The van der Waals surface area contributed by atoms with Crippen molar-refractivity contribution >= 4 is 29.9 Å². The Kier molecular flexibility index (Phi) is 8.09. The van der Waals surface area contributed by atoms with Crippen LogP contribution in [0, 0.1) is 20.8 Å². The van der Waals surface area contributed by atoms with Crippen molar-refractivity contribution in [1.29, 1.82) is 0 Å². The number of hydrogen-bond acceptors (Lipinski definition) is 4. The van der Waals surface area contributed by atoms with E-state index in [4.69, 9.17) is 14.1 Å². The van der Waals surface area contributed by atoms with Gasteiger partial charge in [-0.2, -0.15) is 0 Å². The van der Waals surface area contributed by atoms with Crippen LogP contribution < -0.4 is 5.32 Å². The standard InChI is InChI=1S/C20H28N4O2.HI/c1-5-21-20(22-12-19-23-15(3)16(4)26-19)24-10-11-25-18(13-24)17-9-7-6-8-14(17)2;/h6-9,18H,5,10-13H2,1-4H3,(H,21,22);1H. The number of nitrogens with one attached hydrogen (secondary N) is 1. The molecule has 1 fully saturated rings. The van der Waals surface area contributed by atoms with Gasteiger partial charge in [0.05, 0.1) is 18.8 Å². The van der Waals surface area contributed by atoms with E-state index in [-0.39, 0.29) is 30.1 Å². The Balaban J connectivity index is 0.00000261. The highest BCUT2D eigenvalue weighted by Gasteiger charge is 2.25. The molecule has 1 N–H and O–H groups in total. The summed E-state index contributed by atoms with van der Waals surface area (Å²) in [4.78, 5) is 11.4. The van der Waals surface area contributed by atoms with Crippen LogP contribution in [0.4, 0.5) is 0 Å². The molecule has 2 aromatic rings. The minimum Gasteiger partial charge on any atom is -0.444 e. The van der Waals surface area contributed by atoms with Crippen LogP contribution in [0.1, 0.15) is 41.5 Å². The first-order chi connectivity index (χ1) is 12.6. The van der Waals surface area contributed by atoms with Gasteiger partial charge >= 0.3 is 0 Å². The second-order valence-electron chi connectivity index (χ2n) is 6.58. The number of morpholine rings is 1. The number of aliphatic imine (C=N–C) groups is 1. The molecule has 1 atom stereocenters. The minimum atomic E-state index is 0. The molecule has 1 aliphatic rings. The van der Waals surface area contributed by atoms with Gasteiger partial charge in [0.2, 0.25) is 5.89 Å². The summed E-state index contributed by atoms with van der Waals surface area (Å²) in [6.07, 6.45) is 0.0556. The van der Waals surface area contributed by atoms with E-state index in [1.807, 2.05) is 13.8 Å². The maximum atomic E-state index is 6.03. The zero-order valence-electron chi connectivity index (χ0n) is 16.5. The number of ether oxygens (including phenoxy) is 1. The summed E-state index contributed by atoms with van der Waals surface area (Å²) in [5.41, 5.74) is 3.42. The van der Waals surface area contributed by atoms with Crippen LogP contribution in [0.15, 0.2) is 33.7 Å². The normalized spacial score (nSPS) is 17.6. The zero-order chi connectivity index (χ0) is 18.5. The van der Waals surface area contributed by atoms with Crippen molar-refractivity contribution in [3.63, 3.8) is 0 Å². The quantitative estimate of drug-likeness (QED) is 0.407. The number of nitrogens with zero attached hydrogens (tertiary/aromatic N) is 3. The van der Waals surface area contributed by atoms with Gasteiger partial charge in [-0.25, -0.2) is 9.98 Å². The van der Waals surface area contributed by atoms with Gasteiger partial charge in [0.25, 0.3) is 0 Å². The lowest BCUT2D eigenvalue weighted by Gasteiger charge is -2.35. The number of benzene rings is 1. The Bertz CT molecular complexity index is 756. The zero-order valence-corrected chi connectivity index (χ0v) is 18.8. The van der Waals surface area contributed by atoms with Crippen LogP contribution in [0.3, 0.4) is 0 Å². The van der Waals surface area contributed by atoms with Gasteiger partial charge in [-0.3, -0.25) is 0 Å². The van der Waals surface area contributed by atoms with E-state index < -0.39 is 0 Å². The SMILES string of the molecule is CCNC(=NCc1nc(C)c(C)o1)N1CCOC(c2ccccc2C)C1.I. The Morgan fingerprint density at radius 2 is 2.07 bits per heavy atom. The van der Waals surface area contributed by atoms with E-state index in [9.17, 15) is 0 Å². The summed E-state index contributed by atoms with van der Waals surface area (Å²) in [5, 5.41) is 3.38. The van der Waals surface area contributed by atoms with E-state index in [1.54, 1.807) is 0 Å². The maximum absolute atomic E-state index is 6.03. The van der Waals surface area contributed by atoms with E-state index >= 15 is 0 Å². The average Bonchev–Trinajstić information content (AvgIpc) is 2.97. The van der Waals surface area contributed by atoms with Crippen molar-refractivity contribution in [2.24, 2.45) is 4.99 Å². The molecule has 0 amide bonds. The molecule has 6 nitrogen and oxygen atoms in total. The number of aryl methyl sites for hydroxylation is 3. The van der Waals surface area contributed by atoms with Gasteiger partial charge < -0.3 is 19.4 Å². The Labute approximate surface area is 178 Å². The number of guanidine groups is 1. The monoisotopic (exact) mass is 484 g/mol. The highest BCUT2D eigenvalue weighted by molar-refractivity contribution is 14.0. The van der Waals surface area contributed by atoms with Crippen LogP contribution in [-0.2, 0) is 11.3 Å². The highest BCUT2D eigenvalue weighted by Crippen LogP contribution is 2.25. The molecule has 3 rings (SSSR count). The summed E-state index contributed by atoms with van der Waals surface area (Å²) >= 11 is 0. The lowest BCUT2D eigenvalue weighted by molar-refractivity contribution is -0.00835. The fourth-order valence-electron chi connectivity index (χ4n) is 3.15. The third-order valence-corrected chi connectivity index (χ3v) is 4.67. The molecule has 1 unspecified atom stereocenters. The second kappa shape index (κ2) is 10.1. The van der Waals surface area contributed by atoms with Crippen LogP contribution >= 0.6 is 24.0 Å². The van der Waals surface area contributed by atoms with E-state index in [2.05, 4.69) is 53.3 Å². The smallest absolute Gasteiger partial charge is 0.216 e. The minimum absolute atomic E-state index is 0. The van der Waals surface area contributed by atoms with Gasteiger partial charge in [-0.05, 0) is 38.8 Å². The Morgan fingerprint density at radius 3 is 2.74 bits per heavy atom. The van der Waals surface area contributed by atoms with Crippen molar-refractivity contribution in [1.82, 2.24) is 15.2 Å². The first kappa shape index (κ1) is 21.7. The molecule has 0 spiro atoms. The molecule has 1 aliphatic heterocycles. The summed E-state index contributed by atoms with van der Waals surface area (Å²) in [5.74, 6) is 2.38. The van der Waals surface area contributed by atoms with E-state index in [0.717, 1.165) is 37.0 Å². The molecule has 7 heteroatoms. The molecule has 0 saturated carbocycles. The predicted octanol–water partition coefficient (Wildman–Crippen LogP) is 3.76. The predicted molar refractivity (Wildman–Crippen MR) is 118 cm³/mol. The van der Waals surface area contributed by atoms with Crippen LogP contribution in [-0.4, -0.2) is 42.1 Å². The highest BCUT2D eigenvalue weighted by atomic mass is 127. The second-order valence-corrected chi connectivity index (χ2v) is 6.58. The number of aromatic nitrogens is 1. The largest absolute Gasteiger partial charge is 0.444 e. The van der Waals surface area contributed by atoms with Crippen molar-refractivity contribution in [2.75, 3.05) is 26.2 Å². The van der Waals surface area contributed by atoms with E-state index in [0.29, 0.717) is 19.0 Å². The van der Waals surface area contributed by atoms with Gasteiger partial charge in [0.15, 0.2) is 5.96 Å². The fourth-order valence-corrected chi connectivity index (χ4v) is 3.15. The van der Waals surface area contributed by atoms with Gasteiger partial charge in [-0.15, -0.1) is 24.0 Å². The van der Waals surface area contributed by atoms with Crippen LogP contribution in [0.2, 0.25) is 0 Å². The van der Waals surface area contributed by atoms with Crippen molar-refractivity contribution in [2.45, 2.75) is 40.3 Å².